The molecule has 0 heterocycles. The summed E-state index contributed by atoms with van der Waals surface area (Å²) in [6.45, 7) is 0. The lowest BCUT2D eigenvalue weighted by Crippen LogP contribution is -2.07. The maximum Gasteiger partial charge on any atom is 0.309 e. The smallest absolute Gasteiger partial charge is 0.309 e. The number of carbonyl (C=O) groups excluding carboxylic acids is 1. The molecule has 0 N–H and O–H groups in total. The van der Waals surface area contributed by atoms with Crippen molar-refractivity contribution < 1.29 is 14.5 Å². The fraction of sp³-hybridized carbons (Fsp3) is 0.188. The monoisotopic (exact) mass is 319 g/mol. The molecule has 0 aromatic heterocycles. The van der Waals surface area contributed by atoms with E-state index in [1.165, 1.54) is 19.2 Å². The zero-order valence-corrected chi connectivity index (χ0v) is 12.7. The van der Waals surface area contributed by atoms with Crippen molar-refractivity contribution in [3.8, 4) is 0 Å². The fourth-order valence-corrected chi connectivity index (χ4v) is 2.40. The molecular weight excluding hydrogens is 306 g/mol. The van der Waals surface area contributed by atoms with Crippen LogP contribution in [0.1, 0.15) is 16.7 Å². The van der Waals surface area contributed by atoms with Crippen LogP contribution in [0.2, 0.25) is 5.02 Å². The normalized spacial score (nSPS) is 10.3. The van der Waals surface area contributed by atoms with Gasteiger partial charge in [0.05, 0.1) is 18.5 Å². The molecule has 0 bridgehead atoms. The molecule has 0 aliphatic heterocycles. The number of nitro benzene ring substituents is 1. The highest BCUT2D eigenvalue weighted by Crippen LogP contribution is 2.26. The van der Waals surface area contributed by atoms with Crippen LogP contribution in [0, 0.1) is 10.1 Å². The predicted octanol–water partition coefficient (Wildman–Crippen LogP) is 3.55. The summed E-state index contributed by atoms with van der Waals surface area (Å²) in [6.07, 6.45) is 0.449. The zero-order chi connectivity index (χ0) is 16.1. The Kier molecular flexibility index (Phi) is 5.12. The first kappa shape index (κ1) is 16.0. The predicted molar refractivity (Wildman–Crippen MR) is 83.1 cm³/mol. The number of hydrogen-bond acceptors (Lipinski definition) is 4. The number of rotatable bonds is 5. The van der Waals surface area contributed by atoms with E-state index in [0.717, 1.165) is 11.1 Å². The molecule has 5 nitrogen and oxygen atoms in total. The average Bonchev–Trinajstić information content (AvgIpc) is 2.49. The number of hydrogen-bond donors (Lipinski definition) is 0. The van der Waals surface area contributed by atoms with Crippen molar-refractivity contribution >= 4 is 23.3 Å². The van der Waals surface area contributed by atoms with Gasteiger partial charge in [0, 0.05) is 23.1 Å². The summed E-state index contributed by atoms with van der Waals surface area (Å²) in [7, 11) is 1.33. The van der Waals surface area contributed by atoms with Gasteiger partial charge >= 0.3 is 5.97 Å². The highest BCUT2D eigenvalue weighted by molar-refractivity contribution is 6.30. The lowest BCUT2D eigenvalue weighted by atomic mass is 9.97. The van der Waals surface area contributed by atoms with E-state index in [9.17, 15) is 14.9 Å². The van der Waals surface area contributed by atoms with Crippen molar-refractivity contribution in [1.29, 1.82) is 0 Å². The van der Waals surface area contributed by atoms with Crippen molar-refractivity contribution in [3.63, 3.8) is 0 Å². The standard InChI is InChI=1S/C16H14ClNO4/c1-22-16(19)10-12-5-3-2-4-11(12)8-13-9-14(17)6-7-15(13)18(20)21/h2-7,9H,8,10H2,1H3. The summed E-state index contributed by atoms with van der Waals surface area (Å²) in [5.41, 5.74) is 2.13. The third-order valence-electron chi connectivity index (χ3n) is 3.30. The Bertz CT molecular complexity index is 715. The van der Waals surface area contributed by atoms with Crippen LogP contribution in [0.15, 0.2) is 42.5 Å². The molecular formula is C16H14ClNO4. The van der Waals surface area contributed by atoms with Gasteiger partial charge in [-0.2, -0.15) is 0 Å². The summed E-state index contributed by atoms with van der Waals surface area (Å²) >= 11 is 5.94. The first-order valence-electron chi connectivity index (χ1n) is 6.57. The molecule has 0 amide bonds. The van der Waals surface area contributed by atoms with Gasteiger partial charge in [0.1, 0.15) is 0 Å². The molecule has 0 atom stereocenters. The number of carbonyl (C=O) groups is 1. The van der Waals surface area contributed by atoms with Gasteiger partial charge in [-0.05, 0) is 23.3 Å². The highest BCUT2D eigenvalue weighted by Gasteiger charge is 2.16. The van der Waals surface area contributed by atoms with Crippen molar-refractivity contribution in [2.24, 2.45) is 0 Å². The summed E-state index contributed by atoms with van der Waals surface area (Å²) < 4.78 is 4.67. The minimum atomic E-state index is -0.436. The van der Waals surface area contributed by atoms with Crippen molar-refractivity contribution in [3.05, 3.63) is 74.3 Å². The van der Waals surface area contributed by atoms with Gasteiger partial charge < -0.3 is 4.74 Å². The van der Waals surface area contributed by atoms with Crippen LogP contribution in [0.4, 0.5) is 5.69 Å². The quantitative estimate of drug-likeness (QED) is 0.480. The summed E-state index contributed by atoms with van der Waals surface area (Å²) in [5.74, 6) is -0.354. The Morgan fingerprint density at radius 3 is 2.50 bits per heavy atom. The number of benzene rings is 2. The molecule has 0 spiro atoms. The van der Waals surface area contributed by atoms with E-state index >= 15 is 0 Å². The molecule has 0 saturated carbocycles. The van der Waals surface area contributed by atoms with Crippen LogP contribution >= 0.6 is 11.6 Å². The number of ether oxygens (including phenoxy) is 1. The number of esters is 1. The Balaban J connectivity index is 2.37. The van der Waals surface area contributed by atoms with Gasteiger partial charge in [0.2, 0.25) is 0 Å². The van der Waals surface area contributed by atoms with E-state index in [1.54, 1.807) is 6.07 Å². The zero-order valence-electron chi connectivity index (χ0n) is 11.9. The molecule has 0 saturated heterocycles. The van der Waals surface area contributed by atoms with Gasteiger partial charge in [0.25, 0.3) is 5.69 Å². The summed E-state index contributed by atoms with van der Waals surface area (Å²) in [6, 6.07) is 11.7. The van der Waals surface area contributed by atoms with Gasteiger partial charge in [-0.25, -0.2) is 0 Å². The fourth-order valence-electron chi connectivity index (χ4n) is 2.21. The van der Waals surface area contributed by atoms with Crippen LogP contribution in [0.25, 0.3) is 0 Å². The summed E-state index contributed by atoms with van der Waals surface area (Å²) in [4.78, 5) is 22.1. The van der Waals surface area contributed by atoms with E-state index in [1.807, 2.05) is 24.3 Å². The maximum atomic E-state index is 11.5. The highest BCUT2D eigenvalue weighted by atomic mass is 35.5. The Hall–Kier alpha value is -2.40. The molecule has 114 valence electrons. The van der Waals surface area contributed by atoms with E-state index in [4.69, 9.17) is 11.6 Å². The maximum absolute atomic E-state index is 11.5. The number of nitro groups is 1. The Morgan fingerprint density at radius 1 is 1.18 bits per heavy atom. The lowest BCUT2D eigenvalue weighted by Gasteiger charge is -2.09. The second-order valence-electron chi connectivity index (χ2n) is 4.73. The minimum absolute atomic E-state index is 0.0114. The number of nitrogens with zero attached hydrogens (tertiary/aromatic N) is 1. The Morgan fingerprint density at radius 2 is 1.86 bits per heavy atom. The first-order valence-corrected chi connectivity index (χ1v) is 6.95. The molecule has 0 aliphatic rings. The second-order valence-corrected chi connectivity index (χ2v) is 5.16. The van der Waals surface area contributed by atoms with Crippen molar-refractivity contribution in [2.75, 3.05) is 7.11 Å². The van der Waals surface area contributed by atoms with Crippen LogP contribution in [0.3, 0.4) is 0 Å². The third kappa shape index (κ3) is 3.83. The van der Waals surface area contributed by atoms with Crippen LogP contribution in [-0.2, 0) is 22.4 Å². The largest absolute Gasteiger partial charge is 0.469 e. The molecule has 2 aromatic carbocycles. The molecule has 22 heavy (non-hydrogen) atoms. The molecule has 6 heteroatoms. The molecule has 2 rings (SSSR count). The Labute approximate surface area is 132 Å². The van der Waals surface area contributed by atoms with Gasteiger partial charge in [-0.3, -0.25) is 14.9 Å². The second kappa shape index (κ2) is 7.04. The van der Waals surface area contributed by atoms with E-state index < -0.39 is 4.92 Å². The third-order valence-corrected chi connectivity index (χ3v) is 3.54. The van der Waals surface area contributed by atoms with E-state index in [2.05, 4.69) is 4.74 Å². The van der Waals surface area contributed by atoms with Gasteiger partial charge in [-0.15, -0.1) is 0 Å². The van der Waals surface area contributed by atoms with E-state index in [0.29, 0.717) is 17.0 Å². The molecule has 0 radical (unpaired) electrons. The van der Waals surface area contributed by atoms with Gasteiger partial charge in [0.15, 0.2) is 0 Å². The van der Waals surface area contributed by atoms with E-state index in [-0.39, 0.29) is 18.1 Å². The molecule has 0 fully saturated rings. The van der Waals surface area contributed by atoms with Crippen LogP contribution in [0.5, 0.6) is 0 Å². The topological polar surface area (TPSA) is 69.4 Å². The molecule has 0 unspecified atom stereocenters. The van der Waals surface area contributed by atoms with Crippen LogP contribution < -0.4 is 0 Å². The number of halogens is 1. The minimum Gasteiger partial charge on any atom is -0.469 e. The molecule has 0 aliphatic carbocycles. The average molecular weight is 320 g/mol. The molecule has 2 aromatic rings. The number of methoxy groups -OCH3 is 1. The summed E-state index contributed by atoms with van der Waals surface area (Å²) in [5, 5.41) is 11.6. The van der Waals surface area contributed by atoms with Gasteiger partial charge in [-0.1, -0.05) is 35.9 Å². The van der Waals surface area contributed by atoms with Crippen molar-refractivity contribution in [1.82, 2.24) is 0 Å². The SMILES string of the molecule is COC(=O)Cc1ccccc1Cc1cc(Cl)ccc1[N+](=O)[O-]. The van der Waals surface area contributed by atoms with Crippen molar-refractivity contribution in [2.45, 2.75) is 12.8 Å². The van der Waals surface area contributed by atoms with Crippen LogP contribution in [-0.4, -0.2) is 18.0 Å². The lowest BCUT2D eigenvalue weighted by molar-refractivity contribution is -0.385. The first-order chi connectivity index (χ1) is 10.5.